The predicted octanol–water partition coefficient (Wildman–Crippen LogP) is 3.12. The molecule has 0 fully saturated rings. The Bertz CT molecular complexity index is 623. The number of carbonyl (C=O) groups excluding carboxylic acids is 1. The third-order valence-corrected chi connectivity index (χ3v) is 2.52. The molecular formula is C14H11NO4. The number of benzene rings is 2. The van der Waals surface area contributed by atoms with Gasteiger partial charge in [0.2, 0.25) is 5.75 Å². The van der Waals surface area contributed by atoms with Gasteiger partial charge in [0.25, 0.3) is 0 Å². The van der Waals surface area contributed by atoms with Crippen molar-refractivity contribution in [3.05, 3.63) is 69.8 Å². The summed E-state index contributed by atoms with van der Waals surface area (Å²) < 4.78 is 5.07. The van der Waals surface area contributed by atoms with Gasteiger partial charge in [0.1, 0.15) is 0 Å². The van der Waals surface area contributed by atoms with Crippen LogP contribution in [0.25, 0.3) is 0 Å². The Morgan fingerprint density at radius 1 is 1.16 bits per heavy atom. The lowest BCUT2D eigenvalue weighted by atomic mass is 10.2. The van der Waals surface area contributed by atoms with Crippen molar-refractivity contribution < 1.29 is 14.5 Å². The zero-order valence-corrected chi connectivity index (χ0v) is 10.2. The van der Waals surface area contributed by atoms with Gasteiger partial charge in [-0.05, 0) is 30.7 Å². The van der Waals surface area contributed by atoms with Gasteiger partial charge in [0, 0.05) is 6.07 Å². The SMILES string of the molecule is Cc1ccc(OC(=O)c2ccccc2)c([N+](=O)[O-])c1. The number of esters is 1. The second kappa shape index (κ2) is 5.30. The second-order valence-electron chi connectivity index (χ2n) is 3.98. The maximum Gasteiger partial charge on any atom is 0.343 e. The molecule has 0 saturated carbocycles. The first kappa shape index (κ1) is 12.8. The van der Waals surface area contributed by atoms with E-state index < -0.39 is 10.9 Å². The first-order valence-corrected chi connectivity index (χ1v) is 5.60. The van der Waals surface area contributed by atoms with E-state index in [0.717, 1.165) is 5.56 Å². The van der Waals surface area contributed by atoms with E-state index in [9.17, 15) is 14.9 Å². The average Bonchev–Trinajstić information content (AvgIpc) is 2.41. The molecule has 5 nitrogen and oxygen atoms in total. The molecule has 0 aliphatic rings. The van der Waals surface area contributed by atoms with Gasteiger partial charge in [-0.3, -0.25) is 10.1 Å². The Morgan fingerprint density at radius 3 is 2.47 bits per heavy atom. The number of aryl methyl sites for hydroxylation is 1. The molecule has 0 bridgehead atoms. The molecule has 0 spiro atoms. The van der Waals surface area contributed by atoms with Crippen molar-refractivity contribution >= 4 is 11.7 Å². The maximum absolute atomic E-state index is 11.8. The number of carbonyl (C=O) groups is 1. The number of nitro benzene ring substituents is 1. The highest BCUT2D eigenvalue weighted by molar-refractivity contribution is 5.91. The van der Waals surface area contributed by atoms with Crippen molar-refractivity contribution in [1.82, 2.24) is 0 Å². The summed E-state index contributed by atoms with van der Waals surface area (Å²) in [7, 11) is 0. The lowest BCUT2D eigenvalue weighted by molar-refractivity contribution is -0.385. The van der Waals surface area contributed by atoms with Crippen molar-refractivity contribution in [3.63, 3.8) is 0 Å². The Labute approximate surface area is 109 Å². The summed E-state index contributed by atoms with van der Waals surface area (Å²) in [5.41, 5.74) is 0.855. The maximum atomic E-state index is 11.8. The van der Waals surface area contributed by atoms with E-state index in [-0.39, 0.29) is 11.4 Å². The third kappa shape index (κ3) is 2.95. The monoisotopic (exact) mass is 257 g/mol. The first-order valence-electron chi connectivity index (χ1n) is 5.60. The van der Waals surface area contributed by atoms with Crippen molar-refractivity contribution in [2.45, 2.75) is 6.92 Å². The fraction of sp³-hybridized carbons (Fsp3) is 0.0714. The minimum Gasteiger partial charge on any atom is -0.416 e. The van der Waals surface area contributed by atoms with Crippen LogP contribution in [-0.2, 0) is 0 Å². The summed E-state index contributed by atoms with van der Waals surface area (Å²) in [6, 6.07) is 12.8. The molecule has 2 aromatic rings. The molecule has 0 N–H and O–H groups in total. The zero-order valence-electron chi connectivity index (χ0n) is 10.2. The summed E-state index contributed by atoms with van der Waals surface area (Å²) in [6.07, 6.45) is 0. The fourth-order valence-electron chi connectivity index (χ4n) is 1.59. The minimum atomic E-state index is -0.618. The average molecular weight is 257 g/mol. The highest BCUT2D eigenvalue weighted by atomic mass is 16.6. The molecule has 0 amide bonds. The fourth-order valence-corrected chi connectivity index (χ4v) is 1.59. The van der Waals surface area contributed by atoms with E-state index in [4.69, 9.17) is 4.74 Å². The predicted molar refractivity (Wildman–Crippen MR) is 69.2 cm³/mol. The van der Waals surface area contributed by atoms with Crippen molar-refractivity contribution in [2.24, 2.45) is 0 Å². The van der Waals surface area contributed by atoms with Crippen LogP contribution in [0, 0.1) is 17.0 Å². The summed E-state index contributed by atoms with van der Waals surface area (Å²) in [5, 5.41) is 10.9. The molecule has 0 atom stereocenters. The van der Waals surface area contributed by atoms with E-state index in [1.165, 1.54) is 12.1 Å². The molecular weight excluding hydrogens is 246 g/mol. The van der Waals surface area contributed by atoms with Crippen LogP contribution in [0.1, 0.15) is 15.9 Å². The Balaban J connectivity index is 2.29. The van der Waals surface area contributed by atoms with E-state index in [1.807, 2.05) is 0 Å². The van der Waals surface area contributed by atoms with Crippen LogP contribution in [0.5, 0.6) is 5.75 Å². The molecule has 0 radical (unpaired) electrons. The van der Waals surface area contributed by atoms with Crippen molar-refractivity contribution in [1.29, 1.82) is 0 Å². The Morgan fingerprint density at radius 2 is 1.84 bits per heavy atom. The number of nitrogens with zero attached hydrogens (tertiary/aromatic N) is 1. The molecule has 96 valence electrons. The molecule has 0 aliphatic carbocycles. The minimum absolute atomic E-state index is 0.0514. The first-order chi connectivity index (χ1) is 9.08. The molecule has 0 heterocycles. The topological polar surface area (TPSA) is 69.4 Å². The van der Waals surface area contributed by atoms with E-state index in [1.54, 1.807) is 43.3 Å². The van der Waals surface area contributed by atoms with Crippen LogP contribution in [0.4, 0.5) is 5.69 Å². The molecule has 0 aliphatic heterocycles. The quantitative estimate of drug-likeness (QED) is 0.366. The normalized spacial score (nSPS) is 9.95. The number of hydrogen-bond donors (Lipinski definition) is 0. The standard InChI is InChI=1S/C14H11NO4/c1-10-7-8-13(12(9-10)15(17)18)19-14(16)11-5-3-2-4-6-11/h2-9H,1H3. The van der Waals surface area contributed by atoms with Crippen LogP contribution in [0.2, 0.25) is 0 Å². The second-order valence-corrected chi connectivity index (χ2v) is 3.98. The van der Waals surface area contributed by atoms with Crippen LogP contribution in [-0.4, -0.2) is 10.9 Å². The highest BCUT2D eigenvalue weighted by Crippen LogP contribution is 2.28. The van der Waals surface area contributed by atoms with Gasteiger partial charge in [-0.2, -0.15) is 0 Å². The van der Waals surface area contributed by atoms with E-state index in [0.29, 0.717) is 5.56 Å². The van der Waals surface area contributed by atoms with Crippen molar-refractivity contribution in [3.8, 4) is 5.75 Å². The van der Waals surface area contributed by atoms with Gasteiger partial charge in [0.05, 0.1) is 10.5 Å². The van der Waals surface area contributed by atoms with E-state index in [2.05, 4.69) is 0 Å². The molecule has 5 heteroatoms. The molecule has 19 heavy (non-hydrogen) atoms. The lowest BCUT2D eigenvalue weighted by Crippen LogP contribution is -2.09. The molecule has 0 aromatic heterocycles. The number of rotatable bonds is 3. The van der Waals surface area contributed by atoms with Gasteiger partial charge in [-0.15, -0.1) is 0 Å². The molecule has 0 saturated heterocycles. The largest absolute Gasteiger partial charge is 0.416 e. The zero-order chi connectivity index (χ0) is 13.8. The van der Waals surface area contributed by atoms with Crippen molar-refractivity contribution in [2.75, 3.05) is 0 Å². The summed E-state index contributed by atoms with van der Waals surface area (Å²) in [6.45, 7) is 1.73. The lowest BCUT2D eigenvalue weighted by Gasteiger charge is -2.05. The number of hydrogen-bond acceptors (Lipinski definition) is 4. The van der Waals surface area contributed by atoms with Gasteiger partial charge in [-0.1, -0.05) is 24.3 Å². The molecule has 2 aromatic carbocycles. The smallest absolute Gasteiger partial charge is 0.343 e. The van der Waals surface area contributed by atoms with Gasteiger partial charge >= 0.3 is 11.7 Å². The molecule has 2 rings (SSSR count). The van der Waals surface area contributed by atoms with Crippen LogP contribution in [0.3, 0.4) is 0 Å². The summed E-state index contributed by atoms with van der Waals surface area (Å²) in [5.74, 6) is -0.669. The van der Waals surface area contributed by atoms with E-state index >= 15 is 0 Å². The Hall–Kier alpha value is -2.69. The highest BCUT2D eigenvalue weighted by Gasteiger charge is 2.18. The van der Waals surface area contributed by atoms with Gasteiger partial charge < -0.3 is 4.74 Å². The number of nitro groups is 1. The van der Waals surface area contributed by atoms with Crippen LogP contribution in [0.15, 0.2) is 48.5 Å². The molecule has 0 unspecified atom stereocenters. The van der Waals surface area contributed by atoms with Gasteiger partial charge in [0.15, 0.2) is 0 Å². The van der Waals surface area contributed by atoms with Gasteiger partial charge in [-0.25, -0.2) is 4.79 Å². The number of ether oxygens (including phenoxy) is 1. The van der Waals surface area contributed by atoms with Crippen LogP contribution < -0.4 is 4.74 Å². The summed E-state index contributed by atoms with van der Waals surface area (Å²) >= 11 is 0. The Kier molecular flexibility index (Phi) is 3.56. The summed E-state index contributed by atoms with van der Waals surface area (Å²) in [4.78, 5) is 22.2. The van der Waals surface area contributed by atoms with Crippen LogP contribution >= 0.6 is 0 Å². The third-order valence-electron chi connectivity index (χ3n) is 2.52.